The minimum absolute atomic E-state index is 0.0579. The Kier molecular flexibility index (Phi) is 3.82. The van der Waals surface area contributed by atoms with Crippen LogP contribution >= 0.6 is 23.2 Å². The van der Waals surface area contributed by atoms with Gasteiger partial charge in [-0.1, -0.05) is 23.2 Å². The lowest BCUT2D eigenvalue weighted by molar-refractivity contribution is -0.384. The summed E-state index contributed by atoms with van der Waals surface area (Å²) in [5.41, 5.74) is 1.68. The van der Waals surface area contributed by atoms with Gasteiger partial charge in [0.2, 0.25) is 5.79 Å². The Bertz CT molecular complexity index is 748. The van der Waals surface area contributed by atoms with E-state index in [1.165, 1.54) is 24.3 Å². The number of hydrogen-bond donors (Lipinski definition) is 1. The van der Waals surface area contributed by atoms with Crippen molar-refractivity contribution in [2.75, 3.05) is 6.61 Å². The van der Waals surface area contributed by atoms with E-state index in [1.54, 1.807) is 12.1 Å². The van der Waals surface area contributed by atoms with Gasteiger partial charge in [0, 0.05) is 23.3 Å². The second kappa shape index (κ2) is 5.52. The highest BCUT2D eigenvalue weighted by molar-refractivity contribution is 6.42. The predicted octanol–water partition coefficient (Wildman–Crippen LogP) is 3.67. The molecule has 1 N–H and O–H groups in total. The first-order chi connectivity index (χ1) is 10.4. The number of ether oxygens (including phenoxy) is 1. The van der Waals surface area contributed by atoms with Crippen molar-refractivity contribution in [2.45, 2.75) is 12.2 Å². The number of nitro benzene ring substituents is 1. The normalized spacial score (nSPS) is 20.5. The number of fused-ring (bicyclic) bond motifs is 1. The number of rotatable bonds is 2. The lowest BCUT2D eigenvalue weighted by atomic mass is 9.90. The minimum Gasteiger partial charge on any atom is -0.358 e. The molecule has 1 heterocycles. The van der Waals surface area contributed by atoms with Crippen molar-refractivity contribution in [1.29, 1.82) is 0 Å². The first-order valence-electron chi connectivity index (χ1n) is 6.51. The topological polar surface area (TPSA) is 72.6 Å². The molecule has 0 aliphatic carbocycles. The summed E-state index contributed by atoms with van der Waals surface area (Å²) >= 11 is 12.1. The molecule has 0 spiro atoms. The van der Waals surface area contributed by atoms with Crippen molar-refractivity contribution < 1.29 is 14.8 Å². The quantitative estimate of drug-likeness (QED) is 0.669. The van der Waals surface area contributed by atoms with Crippen LogP contribution in [0.5, 0.6) is 0 Å². The van der Waals surface area contributed by atoms with Crippen LogP contribution in [0.15, 0.2) is 36.4 Å². The molecule has 0 radical (unpaired) electrons. The molecule has 0 saturated heterocycles. The summed E-state index contributed by atoms with van der Waals surface area (Å²) in [4.78, 5) is 10.2. The number of nitro groups is 1. The van der Waals surface area contributed by atoms with Crippen LogP contribution in [0.4, 0.5) is 5.69 Å². The van der Waals surface area contributed by atoms with Crippen LogP contribution in [0.1, 0.15) is 16.7 Å². The summed E-state index contributed by atoms with van der Waals surface area (Å²) in [6, 6.07) is 8.86. The minimum atomic E-state index is -1.70. The van der Waals surface area contributed by atoms with Gasteiger partial charge in [-0.25, -0.2) is 0 Å². The fourth-order valence-electron chi connectivity index (χ4n) is 2.54. The van der Waals surface area contributed by atoms with E-state index in [-0.39, 0.29) is 5.69 Å². The molecule has 0 aromatic heterocycles. The Balaban J connectivity index is 2.11. The first kappa shape index (κ1) is 15.2. The standard InChI is InChI=1S/C15H11Cl2NO4/c16-13-7-9-5-6-22-15(19,12(9)8-14(13)17)10-1-3-11(4-2-10)18(20)21/h1-4,7-8,19H,5-6H2. The van der Waals surface area contributed by atoms with Crippen LogP contribution in [0.3, 0.4) is 0 Å². The molecule has 7 heteroatoms. The van der Waals surface area contributed by atoms with Gasteiger partial charge in [-0.2, -0.15) is 0 Å². The molecular formula is C15H11Cl2NO4. The number of nitrogens with zero attached hydrogens (tertiary/aromatic N) is 1. The number of benzene rings is 2. The van der Waals surface area contributed by atoms with Crippen LogP contribution in [0, 0.1) is 10.1 Å². The average molecular weight is 340 g/mol. The average Bonchev–Trinajstić information content (AvgIpc) is 2.50. The third-order valence-corrected chi connectivity index (χ3v) is 4.39. The zero-order valence-corrected chi connectivity index (χ0v) is 12.8. The highest BCUT2D eigenvalue weighted by atomic mass is 35.5. The van der Waals surface area contributed by atoms with Gasteiger partial charge in [0.15, 0.2) is 0 Å². The Labute approximate surface area is 136 Å². The summed E-state index contributed by atoms with van der Waals surface area (Å²) in [5.74, 6) is -1.70. The van der Waals surface area contributed by atoms with E-state index in [0.717, 1.165) is 5.56 Å². The lowest BCUT2D eigenvalue weighted by Crippen LogP contribution is -2.36. The fraction of sp³-hybridized carbons (Fsp3) is 0.200. The monoisotopic (exact) mass is 339 g/mol. The number of aliphatic hydroxyl groups is 1. The highest BCUT2D eigenvalue weighted by Crippen LogP contribution is 2.40. The summed E-state index contributed by atoms with van der Waals surface area (Å²) in [6.45, 7) is 0.304. The second-order valence-corrected chi connectivity index (χ2v) is 5.78. The van der Waals surface area contributed by atoms with Gasteiger partial charge in [-0.15, -0.1) is 0 Å². The van der Waals surface area contributed by atoms with E-state index in [2.05, 4.69) is 0 Å². The van der Waals surface area contributed by atoms with Gasteiger partial charge in [0.1, 0.15) is 0 Å². The predicted molar refractivity (Wildman–Crippen MR) is 82.2 cm³/mol. The van der Waals surface area contributed by atoms with Crippen LogP contribution in [-0.2, 0) is 16.9 Å². The molecule has 1 unspecified atom stereocenters. The fourth-order valence-corrected chi connectivity index (χ4v) is 2.89. The summed E-state index contributed by atoms with van der Waals surface area (Å²) in [7, 11) is 0. The van der Waals surface area contributed by atoms with E-state index in [4.69, 9.17) is 27.9 Å². The maximum absolute atomic E-state index is 10.9. The van der Waals surface area contributed by atoms with Gasteiger partial charge < -0.3 is 9.84 Å². The van der Waals surface area contributed by atoms with Crippen molar-refractivity contribution in [1.82, 2.24) is 0 Å². The van der Waals surface area contributed by atoms with Crippen LogP contribution < -0.4 is 0 Å². The Morgan fingerprint density at radius 3 is 2.45 bits per heavy atom. The third kappa shape index (κ3) is 2.46. The molecule has 2 aromatic carbocycles. The maximum atomic E-state index is 10.9. The first-order valence-corrected chi connectivity index (χ1v) is 7.27. The van der Waals surface area contributed by atoms with Crippen molar-refractivity contribution in [2.24, 2.45) is 0 Å². The highest BCUT2D eigenvalue weighted by Gasteiger charge is 2.38. The molecule has 3 rings (SSSR count). The molecular weight excluding hydrogens is 329 g/mol. The molecule has 0 amide bonds. The van der Waals surface area contributed by atoms with E-state index in [9.17, 15) is 15.2 Å². The molecule has 22 heavy (non-hydrogen) atoms. The maximum Gasteiger partial charge on any atom is 0.269 e. The zero-order valence-electron chi connectivity index (χ0n) is 11.3. The molecule has 0 saturated carbocycles. The van der Waals surface area contributed by atoms with E-state index in [1.807, 2.05) is 0 Å². The Morgan fingerprint density at radius 1 is 1.18 bits per heavy atom. The molecule has 1 aliphatic rings. The number of halogens is 2. The summed E-state index contributed by atoms with van der Waals surface area (Å²) in [5, 5.41) is 22.4. The van der Waals surface area contributed by atoms with E-state index in [0.29, 0.717) is 34.2 Å². The van der Waals surface area contributed by atoms with Crippen LogP contribution in [0.2, 0.25) is 10.0 Å². The molecule has 5 nitrogen and oxygen atoms in total. The van der Waals surface area contributed by atoms with Gasteiger partial charge in [0.05, 0.1) is 21.6 Å². The van der Waals surface area contributed by atoms with Crippen molar-refractivity contribution in [3.8, 4) is 0 Å². The van der Waals surface area contributed by atoms with Crippen molar-refractivity contribution in [3.63, 3.8) is 0 Å². The van der Waals surface area contributed by atoms with E-state index >= 15 is 0 Å². The molecule has 114 valence electrons. The zero-order chi connectivity index (χ0) is 15.9. The van der Waals surface area contributed by atoms with Gasteiger partial charge >= 0.3 is 0 Å². The molecule has 0 fully saturated rings. The molecule has 2 aromatic rings. The Hall–Kier alpha value is -1.66. The van der Waals surface area contributed by atoms with Gasteiger partial charge in [0.25, 0.3) is 5.69 Å². The van der Waals surface area contributed by atoms with E-state index < -0.39 is 10.7 Å². The SMILES string of the molecule is O=[N+]([O-])c1ccc(C2(O)OCCc3cc(Cl)c(Cl)cc32)cc1. The second-order valence-electron chi connectivity index (χ2n) is 4.97. The van der Waals surface area contributed by atoms with Crippen LogP contribution in [-0.4, -0.2) is 16.6 Å². The largest absolute Gasteiger partial charge is 0.358 e. The van der Waals surface area contributed by atoms with Crippen molar-refractivity contribution in [3.05, 3.63) is 73.2 Å². The van der Waals surface area contributed by atoms with Gasteiger partial charge in [-0.3, -0.25) is 10.1 Å². The smallest absolute Gasteiger partial charge is 0.269 e. The molecule has 1 atom stereocenters. The Morgan fingerprint density at radius 2 is 1.82 bits per heavy atom. The van der Waals surface area contributed by atoms with Crippen LogP contribution in [0.25, 0.3) is 0 Å². The van der Waals surface area contributed by atoms with Crippen molar-refractivity contribution >= 4 is 28.9 Å². The summed E-state index contributed by atoms with van der Waals surface area (Å²) < 4.78 is 5.56. The number of non-ortho nitro benzene ring substituents is 1. The van der Waals surface area contributed by atoms with Gasteiger partial charge in [-0.05, 0) is 36.2 Å². The molecule has 0 bridgehead atoms. The number of hydrogen-bond acceptors (Lipinski definition) is 4. The third-order valence-electron chi connectivity index (χ3n) is 3.66. The lowest BCUT2D eigenvalue weighted by Gasteiger charge is -2.35. The molecule has 1 aliphatic heterocycles. The summed E-state index contributed by atoms with van der Waals surface area (Å²) in [6.07, 6.45) is 0.599.